The van der Waals surface area contributed by atoms with Gasteiger partial charge in [0.05, 0.1) is 22.0 Å². The van der Waals surface area contributed by atoms with Gasteiger partial charge in [-0.25, -0.2) is 8.42 Å². The summed E-state index contributed by atoms with van der Waals surface area (Å²) in [4.78, 5) is 2.65. The van der Waals surface area contributed by atoms with Crippen molar-refractivity contribution in [2.24, 2.45) is 13.0 Å². The van der Waals surface area contributed by atoms with Crippen molar-refractivity contribution in [2.45, 2.75) is 52.5 Å². The molecule has 0 aliphatic heterocycles. The molecule has 0 amide bonds. The molecule has 2 aromatic carbocycles. The van der Waals surface area contributed by atoms with Gasteiger partial charge in [-0.1, -0.05) is 58.0 Å². The first-order valence-corrected chi connectivity index (χ1v) is 13.5. The van der Waals surface area contributed by atoms with Crippen LogP contribution in [-0.2, 0) is 30.0 Å². The molecule has 0 unspecified atom stereocenters. The average molecular weight is 483 g/mol. The van der Waals surface area contributed by atoms with Gasteiger partial charge in [0.15, 0.2) is 0 Å². The second-order valence-electron chi connectivity index (χ2n) is 9.26. The highest BCUT2D eigenvalue weighted by atomic mass is 32.2. The van der Waals surface area contributed by atoms with E-state index < -0.39 is 10.0 Å². The Labute approximate surface area is 205 Å². The van der Waals surface area contributed by atoms with E-state index in [0.29, 0.717) is 11.6 Å². The van der Waals surface area contributed by atoms with Crippen LogP contribution in [0.25, 0.3) is 11.1 Å². The maximum Gasteiger partial charge on any atom is 0.264 e. The molecule has 6 nitrogen and oxygen atoms in total. The lowest BCUT2D eigenvalue weighted by molar-refractivity contribution is 0.296. The summed E-state index contributed by atoms with van der Waals surface area (Å²) < 4.78 is 30.1. The van der Waals surface area contributed by atoms with Crippen molar-refractivity contribution >= 4 is 15.7 Å². The van der Waals surface area contributed by atoms with Crippen molar-refractivity contribution in [2.75, 3.05) is 24.4 Å². The molecule has 0 saturated heterocycles. The van der Waals surface area contributed by atoms with E-state index in [0.717, 1.165) is 48.6 Å². The fourth-order valence-electron chi connectivity index (χ4n) is 4.25. The van der Waals surface area contributed by atoms with Gasteiger partial charge in [-0.05, 0) is 67.2 Å². The second-order valence-corrected chi connectivity index (χ2v) is 11.2. The first-order chi connectivity index (χ1) is 16.1. The molecule has 1 heterocycles. The van der Waals surface area contributed by atoms with Crippen molar-refractivity contribution in [3.05, 3.63) is 65.5 Å². The van der Waals surface area contributed by atoms with Gasteiger partial charge in [0, 0.05) is 20.6 Å². The van der Waals surface area contributed by atoms with Gasteiger partial charge < -0.3 is 0 Å². The van der Waals surface area contributed by atoms with Crippen LogP contribution in [-0.4, -0.2) is 43.2 Å². The number of aromatic nitrogens is 2. The first kappa shape index (κ1) is 26.0. The Morgan fingerprint density at radius 1 is 1.00 bits per heavy atom. The number of nitrogens with zero attached hydrogens (tertiary/aromatic N) is 4. The third kappa shape index (κ3) is 5.53. The van der Waals surface area contributed by atoms with Gasteiger partial charge in [0.2, 0.25) is 0 Å². The maximum atomic E-state index is 13.5. The number of benzene rings is 2. The normalized spacial score (nSPS) is 12.0. The van der Waals surface area contributed by atoms with Crippen LogP contribution < -0.4 is 4.31 Å². The van der Waals surface area contributed by atoms with Crippen molar-refractivity contribution in [1.29, 1.82) is 0 Å². The molecule has 0 aliphatic rings. The molecular formula is C27H38N4O2S. The summed E-state index contributed by atoms with van der Waals surface area (Å²) in [6.07, 6.45) is 0.722. The van der Waals surface area contributed by atoms with Crippen molar-refractivity contribution in [3.63, 3.8) is 0 Å². The molecule has 3 rings (SSSR count). The van der Waals surface area contributed by atoms with Crippen LogP contribution in [0.4, 0.5) is 5.69 Å². The highest BCUT2D eigenvalue weighted by molar-refractivity contribution is 7.92. The Kier molecular flexibility index (Phi) is 8.21. The lowest BCUT2D eigenvalue weighted by Gasteiger charge is -2.21. The van der Waals surface area contributed by atoms with E-state index in [1.54, 1.807) is 23.9 Å². The predicted octanol–water partition coefficient (Wildman–Crippen LogP) is 5.26. The summed E-state index contributed by atoms with van der Waals surface area (Å²) in [5.41, 5.74) is 5.66. The summed E-state index contributed by atoms with van der Waals surface area (Å²) in [5.74, 6) is 0.376. The summed E-state index contributed by atoms with van der Waals surface area (Å²) in [7, 11) is -0.244. The van der Waals surface area contributed by atoms with Crippen LogP contribution in [0.5, 0.6) is 0 Å². The molecular weight excluding hydrogens is 444 g/mol. The van der Waals surface area contributed by atoms with Crippen LogP contribution in [0.15, 0.2) is 53.4 Å². The molecule has 0 N–H and O–H groups in total. The summed E-state index contributed by atoms with van der Waals surface area (Å²) in [6.45, 7) is 13.4. The highest BCUT2D eigenvalue weighted by Crippen LogP contribution is 2.31. The van der Waals surface area contributed by atoms with E-state index in [2.05, 4.69) is 62.0 Å². The number of rotatable bonds is 10. The minimum atomic E-state index is -3.72. The Morgan fingerprint density at radius 2 is 1.65 bits per heavy atom. The van der Waals surface area contributed by atoms with Gasteiger partial charge in [-0.3, -0.25) is 13.9 Å². The van der Waals surface area contributed by atoms with Crippen LogP contribution in [0.3, 0.4) is 0 Å². The molecule has 0 saturated carbocycles. The smallest absolute Gasteiger partial charge is 0.264 e. The predicted molar refractivity (Wildman–Crippen MR) is 141 cm³/mol. The number of hydrogen-bond acceptors (Lipinski definition) is 4. The monoisotopic (exact) mass is 482 g/mol. The van der Waals surface area contributed by atoms with Gasteiger partial charge in [0.25, 0.3) is 10.0 Å². The van der Waals surface area contributed by atoms with E-state index >= 15 is 0 Å². The second kappa shape index (κ2) is 10.7. The molecule has 184 valence electrons. The topological polar surface area (TPSA) is 58.4 Å². The van der Waals surface area contributed by atoms with E-state index in [9.17, 15) is 8.42 Å². The van der Waals surface area contributed by atoms with Gasteiger partial charge >= 0.3 is 0 Å². The molecule has 0 radical (unpaired) electrons. The van der Waals surface area contributed by atoms with Gasteiger partial charge in [-0.2, -0.15) is 5.10 Å². The molecule has 0 atom stereocenters. The third-order valence-corrected chi connectivity index (χ3v) is 8.13. The summed E-state index contributed by atoms with van der Waals surface area (Å²) in [6, 6.07) is 15.6. The summed E-state index contributed by atoms with van der Waals surface area (Å²) in [5, 5.41) is 4.58. The van der Waals surface area contributed by atoms with E-state index in [1.807, 2.05) is 26.1 Å². The van der Waals surface area contributed by atoms with Gasteiger partial charge in [0.1, 0.15) is 0 Å². The SMILES string of the molecule is CCN(CC)Cc1cccc(-c2ccc(S(=O)(=O)N(C)c3c(CC(C)C)nn(C)c3C)cc2)c1. The van der Waals surface area contributed by atoms with Crippen LogP contribution >= 0.6 is 0 Å². The Hall–Kier alpha value is -2.64. The largest absolute Gasteiger partial charge is 0.300 e. The molecule has 0 bridgehead atoms. The maximum absolute atomic E-state index is 13.5. The molecule has 34 heavy (non-hydrogen) atoms. The minimum absolute atomic E-state index is 0.275. The summed E-state index contributed by atoms with van der Waals surface area (Å²) >= 11 is 0. The lowest BCUT2D eigenvalue weighted by atomic mass is 10.0. The Bertz CT molecular complexity index is 1210. The molecule has 0 spiro atoms. The zero-order valence-electron chi connectivity index (χ0n) is 21.5. The fourth-order valence-corrected chi connectivity index (χ4v) is 5.53. The van der Waals surface area contributed by atoms with E-state index in [1.165, 1.54) is 9.87 Å². The molecule has 7 heteroatoms. The lowest BCUT2D eigenvalue weighted by Crippen LogP contribution is -2.28. The molecule has 0 fully saturated rings. The molecule has 3 aromatic rings. The number of anilines is 1. The van der Waals surface area contributed by atoms with E-state index in [-0.39, 0.29) is 4.90 Å². The zero-order valence-corrected chi connectivity index (χ0v) is 22.4. The van der Waals surface area contributed by atoms with Crippen LogP contribution in [0, 0.1) is 12.8 Å². The third-order valence-electron chi connectivity index (χ3n) is 6.36. The Morgan fingerprint density at radius 3 is 2.24 bits per heavy atom. The minimum Gasteiger partial charge on any atom is -0.300 e. The van der Waals surface area contributed by atoms with Gasteiger partial charge in [-0.15, -0.1) is 0 Å². The van der Waals surface area contributed by atoms with Crippen molar-refractivity contribution in [3.8, 4) is 11.1 Å². The van der Waals surface area contributed by atoms with Crippen molar-refractivity contribution < 1.29 is 8.42 Å². The molecule has 0 aliphatic carbocycles. The van der Waals surface area contributed by atoms with Crippen molar-refractivity contribution in [1.82, 2.24) is 14.7 Å². The number of sulfonamides is 1. The number of aryl methyl sites for hydroxylation is 1. The quantitative estimate of drug-likeness (QED) is 0.395. The van der Waals surface area contributed by atoms with Crippen LogP contribution in [0.2, 0.25) is 0 Å². The highest BCUT2D eigenvalue weighted by Gasteiger charge is 2.27. The molecule has 1 aromatic heterocycles. The first-order valence-electron chi connectivity index (χ1n) is 12.0. The standard InChI is InChI=1S/C27H38N4O2S/c1-8-31(9-2)19-22-11-10-12-24(18-22)23-13-15-25(16-14-23)34(32,33)30(7)27-21(5)29(6)28-26(27)17-20(3)4/h10-16,18,20H,8-9,17,19H2,1-7H3. The van der Waals surface area contributed by atoms with E-state index in [4.69, 9.17) is 0 Å². The zero-order chi connectivity index (χ0) is 25.0. The fraction of sp³-hybridized carbons (Fsp3) is 0.444. The van der Waals surface area contributed by atoms with Crippen LogP contribution in [0.1, 0.15) is 44.6 Å². The number of hydrogen-bond donors (Lipinski definition) is 0. The Balaban J connectivity index is 1.89. The average Bonchev–Trinajstić information content (AvgIpc) is 3.09.